The molecule has 21 heavy (non-hydrogen) atoms. The first kappa shape index (κ1) is 16.8. The molecule has 0 spiro atoms. The van der Waals surface area contributed by atoms with Crippen molar-refractivity contribution in [3.8, 4) is 0 Å². The zero-order valence-corrected chi connectivity index (χ0v) is 14.2. The number of nitrogens with two attached hydrogens (primary N) is 1. The minimum absolute atomic E-state index is 0. The molecule has 2 heterocycles. The number of carbonyl (C=O) groups is 1. The van der Waals surface area contributed by atoms with Crippen LogP contribution in [0.5, 0.6) is 0 Å². The van der Waals surface area contributed by atoms with E-state index in [1.54, 1.807) is 0 Å². The maximum absolute atomic E-state index is 12.9. The van der Waals surface area contributed by atoms with E-state index >= 15 is 0 Å². The average molecular weight is 329 g/mol. The number of hydrogen-bond donors (Lipinski definition) is 1. The summed E-state index contributed by atoms with van der Waals surface area (Å²) in [6.07, 6.45) is 5.35. The van der Waals surface area contributed by atoms with Crippen LogP contribution in [0, 0.1) is 11.8 Å². The van der Waals surface area contributed by atoms with E-state index in [-0.39, 0.29) is 24.4 Å². The standard InChI is InChI=1S/C16H24N2OS.ClH/c1-2-14-13-7-9-20-15(13)6-8-18(14)16(19)12-5-3-4-11(12)10-17;/h7,9,11-12,14H,2-6,8,10,17H2,1H3;1H/t11-,12-,14?;/m1./s1. The molecule has 5 heteroatoms. The summed E-state index contributed by atoms with van der Waals surface area (Å²) in [6, 6.07) is 2.50. The van der Waals surface area contributed by atoms with E-state index in [4.69, 9.17) is 5.73 Å². The van der Waals surface area contributed by atoms with Crippen LogP contribution in [0.3, 0.4) is 0 Å². The molecule has 3 rings (SSSR count). The second kappa shape index (κ2) is 7.12. The maximum atomic E-state index is 12.9. The Balaban J connectivity index is 0.00000161. The van der Waals surface area contributed by atoms with Gasteiger partial charge in [-0.15, -0.1) is 23.7 Å². The van der Waals surface area contributed by atoms with Crippen molar-refractivity contribution in [1.29, 1.82) is 0 Å². The number of thiophene rings is 1. The topological polar surface area (TPSA) is 46.3 Å². The molecule has 2 N–H and O–H groups in total. The van der Waals surface area contributed by atoms with Crippen LogP contribution in [-0.2, 0) is 11.2 Å². The fourth-order valence-electron chi connectivity index (χ4n) is 3.96. The largest absolute Gasteiger partial charge is 0.335 e. The van der Waals surface area contributed by atoms with Crippen molar-refractivity contribution < 1.29 is 4.79 Å². The van der Waals surface area contributed by atoms with Gasteiger partial charge < -0.3 is 10.6 Å². The quantitative estimate of drug-likeness (QED) is 0.924. The van der Waals surface area contributed by atoms with Crippen LogP contribution in [0.4, 0.5) is 0 Å². The Labute approximate surface area is 137 Å². The smallest absolute Gasteiger partial charge is 0.226 e. The number of fused-ring (bicyclic) bond motifs is 1. The van der Waals surface area contributed by atoms with Gasteiger partial charge in [0, 0.05) is 17.3 Å². The summed E-state index contributed by atoms with van der Waals surface area (Å²) >= 11 is 1.84. The van der Waals surface area contributed by atoms with Gasteiger partial charge in [0.1, 0.15) is 0 Å². The van der Waals surface area contributed by atoms with Gasteiger partial charge in [-0.2, -0.15) is 0 Å². The van der Waals surface area contributed by atoms with Crippen molar-refractivity contribution in [2.45, 2.75) is 45.1 Å². The van der Waals surface area contributed by atoms with Gasteiger partial charge in [-0.05, 0) is 55.2 Å². The molecule has 0 radical (unpaired) electrons. The summed E-state index contributed by atoms with van der Waals surface area (Å²) in [6.45, 7) is 3.73. The van der Waals surface area contributed by atoms with Gasteiger partial charge in [-0.25, -0.2) is 0 Å². The highest BCUT2D eigenvalue weighted by molar-refractivity contribution is 7.10. The SMILES string of the molecule is CCC1c2ccsc2CCN1C(=O)[C@@H]1CCC[C@@H]1CN.Cl. The first-order chi connectivity index (χ1) is 9.76. The first-order valence-electron chi connectivity index (χ1n) is 7.83. The number of amides is 1. The Morgan fingerprint density at radius 2 is 2.29 bits per heavy atom. The van der Waals surface area contributed by atoms with Crippen molar-refractivity contribution in [2.75, 3.05) is 13.1 Å². The lowest BCUT2D eigenvalue weighted by atomic mass is 9.91. The van der Waals surface area contributed by atoms with Gasteiger partial charge in [0.15, 0.2) is 0 Å². The van der Waals surface area contributed by atoms with E-state index in [1.165, 1.54) is 10.4 Å². The summed E-state index contributed by atoms with van der Waals surface area (Å²) in [4.78, 5) is 16.6. The molecule has 1 aromatic rings. The van der Waals surface area contributed by atoms with E-state index in [1.807, 2.05) is 11.3 Å². The Morgan fingerprint density at radius 1 is 1.48 bits per heavy atom. The summed E-state index contributed by atoms with van der Waals surface area (Å²) in [7, 11) is 0. The molecule has 118 valence electrons. The first-order valence-corrected chi connectivity index (χ1v) is 8.71. The van der Waals surface area contributed by atoms with Crippen LogP contribution in [0.25, 0.3) is 0 Å². The summed E-state index contributed by atoms with van der Waals surface area (Å²) < 4.78 is 0. The Bertz CT molecular complexity index is 490. The number of carbonyl (C=O) groups excluding carboxylic acids is 1. The molecular formula is C16H25ClN2OS. The third-order valence-corrected chi connectivity index (χ3v) is 6.04. The van der Waals surface area contributed by atoms with Gasteiger partial charge in [0.25, 0.3) is 0 Å². The molecule has 2 aliphatic rings. The van der Waals surface area contributed by atoms with Crippen LogP contribution in [-0.4, -0.2) is 23.9 Å². The second-order valence-electron chi connectivity index (χ2n) is 6.04. The average Bonchev–Trinajstić information content (AvgIpc) is 3.13. The number of halogens is 1. The van der Waals surface area contributed by atoms with Gasteiger partial charge in [-0.3, -0.25) is 4.79 Å². The molecule has 0 bridgehead atoms. The summed E-state index contributed by atoms with van der Waals surface area (Å²) in [5.74, 6) is 0.944. The predicted octanol–water partition coefficient (Wildman–Crippen LogP) is 3.38. The normalized spacial score (nSPS) is 28.1. The van der Waals surface area contributed by atoms with Crippen molar-refractivity contribution in [3.05, 3.63) is 21.9 Å². The molecule has 1 unspecified atom stereocenters. The van der Waals surface area contributed by atoms with E-state index < -0.39 is 0 Å². The van der Waals surface area contributed by atoms with E-state index in [2.05, 4.69) is 23.3 Å². The van der Waals surface area contributed by atoms with Crippen LogP contribution < -0.4 is 5.73 Å². The maximum Gasteiger partial charge on any atom is 0.226 e. The van der Waals surface area contributed by atoms with Gasteiger partial charge in [-0.1, -0.05) is 13.3 Å². The molecule has 1 saturated carbocycles. The highest BCUT2D eigenvalue weighted by Gasteiger charge is 2.38. The lowest BCUT2D eigenvalue weighted by Crippen LogP contribution is -2.44. The Morgan fingerprint density at radius 3 is 3.00 bits per heavy atom. The van der Waals surface area contributed by atoms with Crippen LogP contribution in [0.15, 0.2) is 11.4 Å². The third-order valence-electron chi connectivity index (χ3n) is 5.04. The van der Waals surface area contributed by atoms with Crippen LogP contribution in [0.1, 0.15) is 49.1 Å². The highest BCUT2D eigenvalue weighted by atomic mass is 35.5. The van der Waals surface area contributed by atoms with Crippen molar-refractivity contribution >= 4 is 29.7 Å². The highest BCUT2D eigenvalue weighted by Crippen LogP contribution is 2.39. The minimum atomic E-state index is 0. The van der Waals surface area contributed by atoms with Crippen LogP contribution in [0.2, 0.25) is 0 Å². The molecule has 1 amide bonds. The molecule has 0 aromatic carbocycles. The molecule has 1 fully saturated rings. The lowest BCUT2D eigenvalue weighted by Gasteiger charge is -2.38. The summed E-state index contributed by atoms with van der Waals surface area (Å²) in [5.41, 5.74) is 7.24. The Kier molecular flexibility index (Phi) is 5.69. The molecule has 1 aliphatic heterocycles. The molecule has 1 aliphatic carbocycles. The molecule has 0 saturated heterocycles. The molecule has 3 nitrogen and oxygen atoms in total. The number of rotatable bonds is 3. The summed E-state index contributed by atoms with van der Waals surface area (Å²) in [5, 5.41) is 2.17. The number of hydrogen-bond acceptors (Lipinski definition) is 3. The van der Waals surface area contributed by atoms with Crippen molar-refractivity contribution in [1.82, 2.24) is 4.90 Å². The zero-order chi connectivity index (χ0) is 14.1. The minimum Gasteiger partial charge on any atom is -0.335 e. The van der Waals surface area contributed by atoms with Gasteiger partial charge in [0.2, 0.25) is 5.91 Å². The molecule has 1 aromatic heterocycles. The van der Waals surface area contributed by atoms with Gasteiger partial charge >= 0.3 is 0 Å². The van der Waals surface area contributed by atoms with Crippen molar-refractivity contribution in [3.63, 3.8) is 0 Å². The number of nitrogens with zero attached hydrogens (tertiary/aromatic N) is 1. The van der Waals surface area contributed by atoms with Crippen LogP contribution >= 0.6 is 23.7 Å². The Hall–Kier alpha value is -0.580. The fraction of sp³-hybridized carbons (Fsp3) is 0.688. The fourth-order valence-corrected chi connectivity index (χ4v) is 4.89. The van der Waals surface area contributed by atoms with Gasteiger partial charge in [0.05, 0.1) is 6.04 Å². The zero-order valence-electron chi connectivity index (χ0n) is 12.6. The second-order valence-corrected chi connectivity index (χ2v) is 7.04. The molecule has 3 atom stereocenters. The lowest BCUT2D eigenvalue weighted by molar-refractivity contribution is -0.139. The van der Waals surface area contributed by atoms with E-state index in [9.17, 15) is 4.79 Å². The third kappa shape index (κ3) is 2.99. The van der Waals surface area contributed by atoms with E-state index in [0.29, 0.717) is 18.4 Å². The monoisotopic (exact) mass is 328 g/mol. The van der Waals surface area contributed by atoms with E-state index in [0.717, 1.165) is 38.6 Å². The van der Waals surface area contributed by atoms with Crippen molar-refractivity contribution in [2.24, 2.45) is 17.6 Å². The predicted molar refractivity (Wildman–Crippen MR) is 89.9 cm³/mol. The molecular weight excluding hydrogens is 304 g/mol.